The van der Waals surface area contributed by atoms with E-state index in [1.807, 2.05) is 0 Å². The Morgan fingerprint density at radius 1 is 1.18 bits per heavy atom. The largest absolute Gasteiger partial charge is 0.419 e. The SMILES string of the molecule is CC(C)C[C@@H](c1ccc(C(F)(F)F)c(F)c1)N1CCNCC1. The maximum atomic E-state index is 13.9. The maximum absolute atomic E-state index is 13.9. The van der Waals surface area contributed by atoms with E-state index in [9.17, 15) is 17.6 Å². The number of nitrogens with zero attached hydrogens (tertiary/aromatic N) is 1. The van der Waals surface area contributed by atoms with Crippen LogP contribution in [0, 0.1) is 11.7 Å². The first-order valence-corrected chi connectivity index (χ1v) is 7.60. The summed E-state index contributed by atoms with van der Waals surface area (Å²) in [4.78, 5) is 2.22. The highest BCUT2D eigenvalue weighted by molar-refractivity contribution is 5.28. The molecule has 22 heavy (non-hydrogen) atoms. The summed E-state index contributed by atoms with van der Waals surface area (Å²) >= 11 is 0. The first kappa shape index (κ1) is 17.2. The molecule has 1 aromatic rings. The molecule has 1 aliphatic heterocycles. The van der Waals surface area contributed by atoms with Crippen LogP contribution in [0.25, 0.3) is 0 Å². The standard InChI is InChI=1S/C16H22F4N2/c1-11(2)9-15(22-7-5-21-6-8-22)12-3-4-13(14(17)10-12)16(18,19)20/h3-4,10-11,15,21H,5-9H2,1-2H3/t15-/m0/s1. The number of alkyl halides is 3. The number of halogens is 4. The van der Waals surface area contributed by atoms with Crippen LogP contribution < -0.4 is 5.32 Å². The highest BCUT2D eigenvalue weighted by Crippen LogP contribution is 2.34. The summed E-state index contributed by atoms with van der Waals surface area (Å²) < 4.78 is 51.9. The van der Waals surface area contributed by atoms with Crippen molar-refractivity contribution >= 4 is 0 Å². The minimum Gasteiger partial charge on any atom is -0.314 e. The van der Waals surface area contributed by atoms with E-state index in [2.05, 4.69) is 24.1 Å². The molecule has 1 N–H and O–H groups in total. The number of piperazine rings is 1. The van der Waals surface area contributed by atoms with Crippen molar-refractivity contribution in [1.82, 2.24) is 10.2 Å². The van der Waals surface area contributed by atoms with Crippen LogP contribution in [0.15, 0.2) is 18.2 Å². The molecule has 1 atom stereocenters. The molecule has 0 aromatic heterocycles. The van der Waals surface area contributed by atoms with Crippen LogP contribution >= 0.6 is 0 Å². The van der Waals surface area contributed by atoms with Crippen LogP contribution in [0.1, 0.15) is 37.4 Å². The first-order chi connectivity index (χ1) is 10.3. The number of nitrogens with one attached hydrogen (secondary N) is 1. The van der Waals surface area contributed by atoms with Gasteiger partial charge in [0.2, 0.25) is 0 Å². The number of hydrogen-bond donors (Lipinski definition) is 1. The molecule has 1 aliphatic rings. The van der Waals surface area contributed by atoms with E-state index in [1.54, 1.807) is 0 Å². The van der Waals surface area contributed by atoms with Gasteiger partial charge >= 0.3 is 6.18 Å². The zero-order valence-corrected chi connectivity index (χ0v) is 12.9. The maximum Gasteiger partial charge on any atom is 0.419 e. The molecule has 124 valence electrons. The summed E-state index contributed by atoms with van der Waals surface area (Å²) in [7, 11) is 0. The lowest BCUT2D eigenvalue weighted by Gasteiger charge is -2.36. The second kappa shape index (κ2) is 6.96. The Kier molecular flexibility index (Phi) is 5.45. The molecule has 1 heterocycles. The van der Waals surface area contributed by atoms with Gasteiger partial charge < -0.3 is 5.32 Å². The van der Waals surface area contributed by atoms with Crippen molar-refractivity contribution in [2.45, 2.75) is 32.5 Å². The average molecular weight is 318 g/mol. The Bertz CT molecular complexity index is 493. The highest BCUT2D eigenvalue weighted by Gasteiger charge is 2.34. The zero-order valence-electron chi connectivity index (χ0n) is 12.9. The molecule has 0 aliphatic carbocycles. The van der Waals surface area contributed by atoms with Crippen molar-refractivity contribution < 1.29 is 17.6 Å². The van der Waals surface area contributed by atoms with Crippen LogP contribution in [0.2, 0.25) is 0 Å². The third-order valence-corrected chi connectivity index (χ3v) is 3.97. The minimum atomic E-state index is -4.65. The van der Waals surface area contributed by atoms with E-state index in [1.165, 1.54) is 6.07 Å². The van der Waals surface area contributed by atoms with Crippen LogP contribution in [0.4, 0.5) is 17.6 Å². The van der Waals surface area contributed by atoms with E-state index in [0.717, 1.165) is 44.7 Å². The van der Waals surface area contributed by atoms with E-state index in [0.29, 0.717) is 11.5 Å². The van der Waals surface area contributed by atoms with Gasteiger partial charge in [0.1, 0.15) is 5.82 Å². The molecule has 0 amide bonds. The summed E-state index contributed by atoms with van der Waals surface area (Å²) in [5.74, 6) is -0.806. The Labute approximate surface area is 128 Å². The molecule has 0 radical (unpaired) electrons. The summed E-state index contributed by atoms with van der Waals surface area (Å²) in [6.45, 7) is 7.46. The van der Waals surface area contributed by atoms with Crippen LogP contribution in [0.5, 0.6) is 0 Å². The van der Waals surface area contributed by atoms with E-state index < -0.39 is 17.6 Å². The Morgan fingerprint density at radius 2 is 1.82 bits per heavy atom. The fourth-order valence-corrected chi connectivity index (χ4v) is 2.90. The summed E-state index contributed by atoms with van der Waals surface area (Å²) in [6, 6.07) is 3.29. The summed E-state index contributed by atoms with van der Waals surface area (Å²) in [5.41, 5.74) is -0.569. The topological polar surface area (TPSA) is 15.3 Å². The summed E-state index contributed by atoms with van der Waals surface area (Å²) in [6.07, 6.45) is -3.85. The number of benzene rings is 1. The molecule has 0 unspecified atom stereocenters. The third-order valence-electron chi connectivity index (χ3n) is 3.97. The average Bonchev–Trinajstić information content (AvgIpc) is 2.44. The van der Waals surface area contributed by atoms with Crippen molar-refractivity contribution in [3.63, 3.8) is 0 Å². The molecule has 2 rings (SSSR count). The lowest BCUT2D eigenvalue weighted by Crippen LogP contribution is -2.45. The fraction of sp³-hybridized carbons (Fsp3) is 0.625. The van der Waals surface area contributed by atoms with Crippen molar-refractivity contribution in [2.24, 2.45) is 5.92 Å². The second-order valence-electron chi connectivity index (χ2n) is 6.17. The van der Waals surface area contributed by atoms with E-state index >= 15 is 0 Å². The van der Waals surface area contributed by atoms with Crippen LogP contribution in [-0.2, 0) is 6.18 Å². The van der Waals surface area contributed by atoms with E-state index in [-0.39, 0.29) is 6.04 Å². The van der Waals surface area contributed by atoms with Crippen LogP contribution in [-0.4, -0.2) is 31.1 Å². The predicted molar refractivity (Wildman–Crippen MR) is 78.0 cm³/mol. The third kappa shape index (κ3) is 4.20. The highest BCUT2D eigenvalue weighted by atomic mass is 19.4. The molecular formula is C16H22F4N2. The molecule has 0 bridgehead atoms. The second-order valence-corrected chi connectivity index (χ2v) is 6.17. The van der Waals surface area contributed by atoms with Gasteiger partial charge in [-0.15, -0.1) is 0 Å². The fourth-order valence-electron chi connectivity index (χ4n) is 2.90. The molecule has 1 fully saturated rings. The van der Waals surface area contributed by atoms with Gasteiger partial charge in [-0.25, -0.2) is 4.39 Å². The molecule has 0 spiro atoms. The lowest BCUT2D eigenvalue weighted by atomic mass is 9.94. The number of rotatable bonds is 4. The van der Waals surface area contributed by atoms with Gasteiger partial charge in [0.25, 0.3) is 0 Å². The van der Waals surface area contributed by atoms with Crippen molar-refractivity contribution in [1.29, 1.82) is 0 Å². The molecule has 0 saturated carbocycles. The Balaban J connectivity index is 2.29. The minimum absolute atomic E-state index is 0.0427. The normalized spacial score (nSPS) is 18.7. The van der Waals surface area contributed by atoms with Gasteiger partial charge in [0.15, 0.2) is 0 Å². The zero-order chi connectivity index (χ0) is 16.3. The van der Waals surface area contributed by atoms with Crippen molar-refractivity contribution in [3.05, 3.63) is 35.1 Å². The molecule has 2 nitrogen and oxygen atoms in total. The number of hydrogen-bond acceptors (Lipinski definition) is 2. The summed E-state index contributed by atoms with van der Waals surface area (Å²) in [5, 5.41) is 3.25. The van der Waals surface area contributed by atoms with Gasteiger partial charge in [-0.1, -0.05) is 19.9 Å². The molecule has 1 aromatic carbocycles. The van der Waals surface area contributed by atoms with E-state index in [4.69, 9.17) is 0 Å². The molecule has 1 saturated heterocycles. The Hall–Kier alpha value is -1.14. The first-order valence-electron chi connectivity index (χ1n) is 7.60. The molecule has 6 heteroatoms. The van der Waals surface area contributed by atoms with Crippen molar-refractivity contribution in [2.75, 3.05) is 26.2 Å². The monoisotopic (exact) mass is 318 g/mol. The lowest BCUT2D eigenvalue weighted by molar-refractivity contribution is -0.140. The quantitative estimate of drug-likeness (QED) is 0.849. The molecular weight excluding hydrogens is 296 g/mol. The van der Waals surface area contributed by atoms with Gasteiger partial charge in [-0.3, -0.25) is 4.90 Å². The Morgan fingerprint density at radius 3 is 2.32 bits per heavy atom. The van der Waals surface area contributed by atoms with Gasteiger partial charge in [0, 0.05) is 32.2 Å². The van der Waals surface area contributed by atoms with Gasteiger partial charge in [-0.2, -0.15) is 13.2 Å². The van der Waals surface area contributed by atoms with Gasteiger partial charge in [0.05, 0.1) is 5.56 Å². The van der Waals surface area contributed by atoms with Crippen molar-refractivity contribution in [3.8, 4) is 0 Å². The predicted octanol–water partition coefficient (Wildman–Crippen LogP) is 3.84. The smallest absolute Gasteiger partial charge is 0.314 e. The van der Waals surface area contributed by atoms with Crippen LogP contribution in [0.3, 0.4) is 0 Å². The van der Waals surface area contributed by atoms with Gasteiger partial charge in [-0.05, 0) is 30.0 Å².